The first-order chi connectivity index (χ1) is 17.9. The molecule has 3 aromatic rings. The Kier molecular flexibility index (Phi) is 7.17. The van der Waals surface area contributed by atoms with Crippen LogP contribution in [0.25, 0.3) is 0 Å². The van der Waals surface area contributed by atoms with Gasteiger partial charge >= 0.3 is 0 Å². The van der Waals surface area contributed by atoms with Gasteiger partial charge in [-0.05, 0) is 55.4 Å². The van der Waals surface area contributed by atoms with E-state index in [2.05, 4.69) is 22.1 Å². The van der Waals surface area contributed by atoms with E-state index in [-0.39, 0.29) is 17.9 Å². The van der Waals surface area contributed by atoms with Gasteiger partial charge in [-0.15, -0.1) is 0 Å². The first-order valence-electron chi connectivity index (χ1n) is 13.0. The average molecular weight is 509 g/mol. The number of nitrogens with zero attached hydrogens (tertiary/aromatic N) is 3. The fourth-order valence-corrected chi connectivity index (χ4v) is 5.77. The number of carbonyl (C=O) groups is 1. The van der Waals surface area contributed by atoms with Crippen LogP contribution in [0, 0.1) is 23.4 Å². The van der Waals surface area contributed by atoms with E-state index in [1.807, 2.05) is 0 Å². The van der Waals surface area contributed by atoms with Crippen LogP contribution >= 0.6 is 0 Å². The zero-order valence-electron chi connectivity index (χ0n) is 20.9. The molecule has 0 bridgehead atoms. The van der Waals surface area contributed by atoms with Crippen molar-refractivity contribution in [3.8, 4) is 0 Å². The molecule has 8 heteroatoms. The number of aromatic nitrogens is 2. The second-order valence-electron chi connectivity index (χ2n) is 10.3. The molecule has 1 amide bonds. The minimum absolute atomic E-state index is 0.0979. The topological polar surface area (TPSA) is 58.1 Å². The van der Waals surface area contributed by atoms with Gasteiger partial charge in [-0.25, -0.2) is 23.1 Å². The van der Waals surface area contributed by atoms with Crippen LogP contribution < -0.4 is 10.2 Å². The summed E-state index contributed by atoms with van der Waals surface area (Å²) in [5.41, 5.74) is 1.49. The summed E-state index contributed by atoms with van der Waals surface area (Å²) in [6, 6.07) is 9.73. The summed E-state index contributed by atoms with van der Waals surface area (Å²) in [5.74, 6) is -1.02. The van der Waals surface area contributed by atoms with Crippen molar-refractivity contribution in [3.05, 3.63) is 88.5 Å². The predicted octanol–water partition coefficient (Wildman–Crippen LogP) is 5.92. The molecule has 1 saturated heterocycles. The highest BCUT2D eigenvalue weighted by molar-refractivity contribution is 5.95. The van der Waals surface area contributed by atoms with Gasteiger partial charge in [0.25, 0.3) is 5.91 Å². The Labute approximate surface area is 215 Å². The van der Waals surface area contributed by atoms with E-state index in [0.717, 1.165) is 69.3 Å². The summed E-state index contributed by atoms with van der Waals surface area (Å²) < 4.78 is 41.3. The molecule has 2 aliphatic rings. The van der Waals surface area contributed by atoms with Gasteiger partial charge in [0.05, 0.1) is 11.3 Å². The molecule has 37 heavy (non-hydrogen) atoms. The lowest BCUT2D eigenvalue weighted by atomic mass is 9.74. The average Bonchev–Trinajstić information content (AvgIpc) is 3.39. The van der Waals surface area contributed by atoms with Crippen molar-refractivity contribution in [2.45, 2.75) is 57.4 Å². The largest absolute Gasteiger partial charge is 0.348 e. The van der Waals surface area contributed by atoms with Crippen molar-refractivity contribution in [1.29, 1.82) is 0 Å². The van der Waals surface area contributed by atoms with Crippen LogP contribution in [0.3, 0.4) is 0 Å². The molecule has 2 fully saturated rings. The molecule has 1 atom stereocenters. The first kappa shape index (κ1) is 25.2. The highest BCUT2D eigenvalue weighted by atomic mass is 19.1. The van der Waals surface area contributed by atoms with E-state index in [1.165, 1.54) is 18.2 Å². The monoisotopic (exact) mass is 508 g/mol. The van der Waals surface area contributed by atoms with E-state index in [0.29, 0.717) is 23.1 Å². The number of nitrogens with one attached hydrogen (secondary N) is 1. The van der Waals surface area contributed by atoms with Crippen molar-refractivity contribution in [1.82, 2.24) is 15.3 Å². The van der Waals surface area contributed by atoms with Crippen molar-refractivity contribution in [2.24, 2.45) is 5.92 Å². The smallest absolute Gasteiger partial charge is 0.255 e. The summed E-state index contributed by atoms with van der Waals surface area (Å²) >= 11 is 0. The molecule has 1 N–H and O–H groups in total. The van der Waals surface area contributed by atoms with Crippen LogP contribution in [-0.2, 0) is 12.0 Å². The molecular formula is C29H31F3N4O. The Morgan fingerprint density at radius 2 is 1.78 bits per heavy atom. The van der Waals surface area contributed by atoms with Crippen LogP contribution in [0.1, 0.15) is 72.6 Å². The van der Waals surface area contributed by atoms with Gasteiger partial charge in [0.15, 0.2) is 0 Å². The third kappa shape index (κ3) is 5.20. The standard InChI is InChI=1S/C29H31F3N4O/c1-19-5-4-14-36(18-19)28-34-17-24(27(37)33-16-20-6-9-23(31)15-25(20)32)26(35-28)29(12-2-3-13-29)21-7-10-22(30)11-8-21/h6-11,15,17,19H,2-5,12-14,16,18H2,1H3,(H,33,37). The summed E-state index contributed by atoms with van der Waals surface area (Å²) in [6.07, 6.45) is 7.24. The number of rotatable bonds is 6. The maximum absolute atomic E-state index is 14.2. The molecule has 2 aromatic carbocycles. The zero-order chi connectivity index (χ0) is 26.0. The third-order valence-electron chi connectivity index (χ3n) is 7.72. The number of anilines is 1. The second kappa shape index (κ2) is 10.5. The Balaban J connectivity index is 1.54. The summed E-state index contributed by atoms with van der Waals surface area (Å²) in [5, 5.41) is 2.77. The Hall–Kier alpha value is -3.42. The highest BCUT2D eigenvalue weighted by Gasteiger charge is 2.42. The number of piperidine rings is 1. The third-order valence-corrected chi connectivity index (χ3v) is 7.72. The molecule has 2 heterocycles. The summed E-state index contributed by atoms with van der Waals surface area (Å²) in [7, 11) is 0. The minimum atomic E-state index is -0.718. The van der Waals surface area contributed by atoms with Gasteiger partial charge in [0.2, 0.25) is 5.95 Å². The van der Waals surface area contributed by atoms with Gasteiger partial charge < -0.3 is 10.2 Å². The molecule has 0 radical (unpaired) electrons. The molecule has 1 aliphatic heterocycles. The maximum atomic E-state index is 14.2. The fraction of sp³-hybridized carbons (Fsp3) is 0.414. The van der Waals surface area contributed by atoms with Crippen LogP contribution in [0.5, 0.6) is 0 Å². The zero-order valence-corrected chi connectivity index (χ0v) is 20.9. The van der Waals surface area contributed by atoms with E-state index < -0.39 is 23.0 Å². The minimum Gasteiger partial charge on any atom is -0.348 e. The van der Waals surface area contributed by atoms with E-state index in [9.17, 15) is 18.0 Å². The van der Waals surface area contributed by atoms with Gasteiger partial charge in [0.1, 0.15) is 17.5 Å². The lowest BCUT2D eigenvalue weighted by molar-refractivity contribution is 0.0947. The van der Waals surface area contributed by atoms with E-state index in [1.54, 1.807) is 18.3 Å². The number of carbonyl (C=O) groups excluding carboxylic acids is 1. The maximum Gasteiger partial charge on any atom is 0.255 e. The Morgan fingerprint density at radius 3 is 2.49 bits per heavy atom. The molecule has 1 unspecified atom stereocenters. The number of amides is 1. The van der Waals surface area contributed by atoms with Crippen molar-refractivity contribution < 1.29 is 18.0 Å². The molecule has 194 valence electrons. The van der Waals surface area contributed by atoms with Crippen molar-refractivity contribution in [3.63, 3.8) is 0 Å². The molecule has 5 nitrogen and oxygen atoms in total. The van der Waals surface area contributed by atoms with Gasteiger partial charge in [-0.1, -0.05) is 38.0 Å². The van der Waals surface area contributed by atoms with Crippen LogP contribution in [0.4, 0.5) is 19.1 Å². The summed E-state index contributed by atoms with van der Waals surface area (Å²) in [6.45, 7) is 3.81. The number of hydrogen-bond donors (Lipinski definition) is 1. The molecule has 1 saturated carbocycles. The number of halogens is 3. The van der Waals surface area contributed by atoms with Crippen molar-refractivity contribution in [2.75, 3.05) is 18.0 Å². The first-order valence-corrected chi connectivity index (χ1v) is 13.0. The van der Waals surface area contributed by atoms with Gasteiger partial charge in [-0.2, -0.15) is 0 Å². The summed E-state index contributed by atoms with van der Waals surface area (Å²) in [4.78, 5) is 25.3. The van der Waals surface area contributed by atoms with E-state index in [4.69, 9.17) is 4.98 Å². The molecule has 1 aromatic heterocycles. The van der Waals surface area contributed by atoms with Crippen LogP contribution in [0.2, 0.25) is 0 Å². The Morgan fingerprint density at radius 1 is 1.05 bits per heavy atom. The number of hydrogen-bond acceptors (Lipinski definition) is 4. The second-order valence-corrected chi connectivity index (χ2v) is 10.3. The fourth-order valence-electron chi connectivity index (χ4n) is 5.77. The lowest BCUT2D eigenvalue weighted by Gasteiger charge is -2.34. The normalized spacial score (nSPS) is 19.1. The Bertz CT molecular complexity index is 1270. The lowest BCUT2D eigenvalue weighted by Crippen LogP contribution is -2.37. The van der Waals surface area contributed by atoms with Gasteiger partial charge in [0, 0.05) is 42.9 Å². The number of benzene rings is 2. The van der Waals surface area contributed by atoms with Gasteiger partial charge in [-0.3, -0.25) is 4.79 Å². The predicted molar refractivity (Wildman–Crippen MR) is 136 cm³/mol. The molecule has 1 aliphatic carbocycles. The highest BCUT2D eigenvalue weighted by Crippen LogP contribution is 2.47. The molecule has 0 spiro atoms. The van der Waals surface area contributed by atoms with Crippen LogP contribution in [-0.4, -0.2) is 29.0 Å². The quantitative estimate of drug-likeness (QED) is 0.449. The van der Waals surface area contributed by atoms with Crippen molar-refractivity contribution >= 4 is 11.9 Å². The molecule has 5 rings (SSSR count). The van der Waals surface area contributed by atoms with Crippen LogP contribution in [0.15, 0.2) is 48.7 Å². The SMILES string of the molecule is CC1CCCN(c2ncc(C(=O)NCc3ccc(F)cc3F)c(C3(c4ccc(F)cc4)CCCC3)n2)C1. The molecular weight excluding hydrogens is 477 g/mol. The van der Waals surface area contributed by atoms with E-state index >= 15 is 0 Å².